The van der Waals surface area contributed by atoms with E-state index < -0.39 is 6.04 Å². The molecule has 5 rings (SSSR count). The Morgan fingerprint density at radius 3 is 2.25 bits per heavy atom. The molecule has 2 atom stereocenters. The lowest BCUT2D eigenvalue weighted by atomic mass is 9.88. The Labute approximate surface area is 137 Å². The van der Waals surface area contributed by atoms with Gasteiger partial charge < -0.3 is 29.6 Å². The average molecular weight is 326 g/mol. The lowest BCUT2D eigenvalue weighted by molar-refractivity contribution is -0.126. The largest absolute Gasteiger partial charge is 0.454 e. The van der Waals surface area contributed by atoms with E-state index in [0.29, 0.717) is 23.0 Å². The number of carbonyl (C=O) groups is 1. The maximum absolute atomic E-state index is 12.4. The quantitative estimate of drug-likeness (QED) is 0.843. The number of benzene rings is 2. The van der Waals surface area contributed by atoms with Crippen molar-refractivity contribution in [1.82, 2.24) is 0 Å². The molecule has 0 saturated carbocycles. The van der Waals surface area contributed by atoms with Crippen LogP contribution in [0, 0.1) is 0 Å². The molecule has 3 aliphatic heterocycles. The van der Waals surface area contributed by atoms with Crippen LogP contribution in [0.4, 0.5) is 5.69 Å². The van der Waals surface area contributed by atoms with E-state index in [1.54, 1.807) is 17.0 Å². The molecule has 7 heteroatoms. The van der Waals surface area contributed by atoms with E-state index in [2.05, 4.69) is 0 Å². The normalized spacial score (nSPS) is 23.4. The minimum absolute atomic E-state index is 0.128. The van der Waals surface area contributed by atoms with Gasteiger partial charge in [-0.15, -0.1) is 0 Å². The second-order valence-corrected chi connectivity index (χ2v) is 5.83. The van der Waals surface area contributed by atoms with Crippen LogP contribution in [0.3, 0.4) is 0 Å². The lowest BCUT2D eigenvalue weighted by Crippen LogP contribution is -2.63. The van der Waals surface area contributed by atoms with Crippen LogP contribution < -0.4 is 29.6 Å². The second-order valence-electron chi connectivity index (χ2n) is 5.83. The molecule has 3 heterocycles. The molecule has 3 aliphatic rings. The van der Waals surface area contributed by atoms with Crippen LogP contribution in [0.2, 0.25) is 0 Å². The van der Waals surface area contributed by atoms with Gasteiger partial charge in [0.25, 0.3) is 0 Å². The average Bonchev–Trinajstić information content (AvgIpc) is 3.25. The van der Waals surface area contributed by atoms with Gasteiger partial charge in [0.1, 0.15) is 6.04 Å². The van der Waals surface area contributed by atoms with Crippen LogP contribution in [0.25, 0.3) is 0 Å². The van der Waals surface area contributed by atoms with Crippen LogP contribution in [0.5, 0.6) is 23.0 Å². The van der Waals surface area contributed by atoms with E-state index in [0.717, 1.165) is 11.3 Å². The maximum Gasteiger partial charge on any atom is 0.247 e. The summed E-state index contributed by atoms with van der Waals surface area (Å²) < 4.78 is 21.5. The molecule has 0 radical (unpaired) electrons. The van der Waals surface area contributed by atoms with Gasteiger partial charge in [0, 0.05) is 11.8 Å². The van der Waals surface area contributed by atoms with E-state index in [1.165, 1.54) is 0 Å². The molecule has 122 valence electrons. The molecule has 1 amide bonds. The predicted molar refractivity (Wildman–Crippen MR) is 83.3 cm³/mol. The van der Waals surface area contributed by atoms with Gasteiger partial charge in [0.15, 0.2) is 23.0 Å². The Bertz CT molecular complexity index is 853. The van der Waals surface area contributed by atoms with Gasteiger partial charge in [0.2, 0.25) is 19.5 Å². The fraction of sp³-hybridized carbons (Fsp3) is 0.235. The lowest BCUT2D eigenvalue weighted by Gasteiger charge is -2.45. The highest BCUT2D eigenvalue weighted by Gasteiger charge is 2.47. The van der Waals surface area contributed by atoms with E-state index in [9.17, 15) is 4.79 Å². The van der Waals surface area contributed by atoms with Crippen molar-refractivity contribution in [3.63, 3.8) is 0 Å². The topological polar surface area (TPSA) is 83.3 Å². The Hall–Kier alpha value is -2.93. The fourth-order valence-corrected chi connectivity index (χ4v) is 3.29. The molecule has 0 bridgehead atoms. The predicted octanol–water partition coefficient (Wildman–Crippen LogP) is 1.56. The van der Waals surface area contributed by atoms with E-state index >= 15 is 0 Å². The molecule has 1 fully saturated rings. The Balaban J connectivity index is 1.52. The standard InChI is InChI=1S/C17H14N2O5/c18-15-16(9-1-3-11-13(5-9)23-7-21-11)19(17(15)20)10-2-4-12-14(6-10)24-8-22-12/h1-6,15-16H,7-8,18H2/t15-,16+/m1/s1. The van der Waals surface area contributed by atoms with Gasteiger partial charge in [-0.25, -0.2) is 0 Å². The summed E-state index contributed by atoms with van der Waals surface area (Å²) in [4.78, 5) is 14.0. The Morgan fingerprint density at radius 2 is 1.50 bits per heavy atom. The third-order valence-corrected chi connectivity index (χ3v) is 4.51. The van der Waals surface area contributed by atoms with E-state index in [4.69, 9.17) is 24.7 Å². The van der Waals surface area contributed by atoms with Gasteiger partial charge >= 0.3 is 0 Å². The van der Waals surface area contributed by atoms with Gasteiger partial charge in [-0.2, -0.15) is 0 Å². The van der Waals surface area contributed by atoms with Gasteiger partial charge in [-0.1, -0.05) is 6.07 Å². The first-order valence-corrected chi connectivity index (χ1v) is 7.60. The van der Waals surface area contributed by atoms with Crippen molar-refractivity contribution in [2.75, 3.05) is 18.5 Å². The van der Waals surface area contributed by atoms with Crippen LogP contribution in [-0.4, -0.2) is 25.5 Å². The monoisotopic (exact) mass is 326 g/mol. The number of ether oxygens (including phenoxy) is 4. The van der Waals surface area contributed by atoms with Gasteiger partial charge in [-0.05, 0) is 29.8 Å². The highest BCUT2D eigenvalue weighted by atomic mass is 16.7. The number of nitrogens with zero attached hydrogens (tertiary/aromatic N) is 1. The van der Waals surface area contributed by atoms with Crippen molar-refractivity contribution in [2.45, 2.75) is 12.1 Å². The van der Waals surface area contributed by atoms with Gasteiger partial charge in [-0.3, -0.25) is 4.79 Å². The molecule has 2 aromatic carbocycles. The molecule has 7 nitrogen and oxygen atoms in total. The number of β-lactam (4-membered cyclic amide) rings is 1. The second kappa shape index (κ2) is 4.78. The van der Waals surface area contributed by atoms with Crippen LogP contribution in [-0.2, 0) is 4.79 Å². The number of hydrogen-bond acceptors (Lipinski definition) is 6. The highest BCUT2D eigenvalue weighted by molar-refractivity contribution is 6.05. The smallest absolute Gasteiger partial charge is 0.247 e. The Morgan fingerprint density at radius 1 is 0.875 bits per heavy atom. The molecule has 2 N–H and O–H groups in total. The fourth-order valence-electron chi connectivity index (χ4n) is 3.29. The summed E-state index contributed by atoms with van der Waals surface area (Å²) in [6.45, 7) is 0.401. The first-order valence-electron chi connectivity index (χ1n) is 7.60. The number of fused-ring (bicyclic) bond motifs is 2. The van der Waals surface area contributed by atoms with Crippen molar-refractivity contribution >= 4 is 11.6 Å². The summed E-state index contributed by atoms with van der Waals surface area (Å²) in [5, 5.41) is 0. The van der Waals surface area contributed by atoms with Crippen molar-refractivity contribution in [3.8, 4) is 23.0 Å². The van der Waals surface area contributed by atoms with Gasteiger partial charge in [0.05, 0.1) is 6.04 Å². The zero-order valence-corrected chi connectivity index (χ0v) is 12.6. The van der Waals surface area contributed by atoms with Crippen molar-refractivity contribution < 1.29 is 23.7 Å². The zero-order chi connectivity index (χ0) is 16.3. The molecule has 0 spiro atoms. The first kappa shape index (κ1) is 13.5. The van der Waals surface area contributed by atoms with Crippen molar-refractivity contribution in [1.29, 1.82) is 0 Å². The van der Waals surface area contributed by atoms with Crippen LogP contribution in [0.1, 0.15) is 11.6 Å². The summed E-state index contributed by atoms with van der Waals surface area (Å²) >= 11 is 0. The van der Waals surface area contributed by atoms with Crippen LogP contribution >= 0.6 is 0 Å². The SMILES string of the molecule is N[C@H]1C(=O)N(c2ccc3c(c2)OCO3)[C@H]1c1ccc2c(c1)OCO2. The number of amides is 1. The molecule has 0 unspecified atom stereocenters. The summed E-state index contributed by atoms with van der Waals surface area (Å²) in [6, 6.07) is 10.2. The van der Waals surface area contributed by atoms with Crippen LogP contribution in [0.15, 0.2) is 36.4 Å². The highest BCUT2D eigenvalue weighted by Crippen LogP contribution is 2.44. The Kier molecular flexibility index (Phi) is 2.69. The molecule has 24 heavy (non-hydrogen) atoms. The third kappa shape index (κ3) is 1.78. The number of carbonyl (C=O) groups excluding carboxylic acids is 1. The molecule has 0 aromatic heterocycles. The number of rotatable bonds is 2. The summed E-state index contributed by atoms with van der Waals surface area (Å²) in [5.74, 6) is 2.55. The summed E-state index contributed by atoms with van der Waals surface area (Å²) in [6.07, 6.45) is 0. The third-order valence-electron chi connectivity index (χ3n) is 4.51. The summed E-state index contributed by atoms with van der Waals surface area (Å²) in [7, 11) is 0. The molecular formula is C17H14N2O5. The molecule has 0 aliphatic carbocycles. The first-order chi connectivity index (χ1) is 11.7. The number of hydrogen-bond donors (Lipinski definition) is 1. The van der Waals surface area contributed by atoms with Crippen molar-refractivity contribution in [2.24, 2.45) is 5.73 Å². The number of nitrogens with two attached hydrogens (primary N) is 1. The zero-order valence-electron chi connectivity index (χ0n) is 12.6. The minimum atomic E-state index is -0.587. The molecular weight excluding hydrogens is 312 g/mol. The minimum Gasteiger partial charge on any atom is -0.454 e. The molecule has 1 saturated heterocycles. The maximum atomic E-state index is 12.4. The molecule has 2 aromatic rings. The van der Waals surface area contributed by atoms with Crippen molar-refractivity contribution in [3.05, 3.63) is 42.0 Å². The summed E-state index contributed by atoms with van der Waals surface area (Å²) in [5.41, 5.74) is 7.70. The number of anilines is 1. The van der Waals surface area contributed by atoms with E-state index in [1.807, 2.05) is 24.3 Å². The van der Waals surface area contributed by atoms with E-state index in [-0.39, 0.29) is 25.5 Å².